The summed E-state index contributed by atoms with van der Waals surface area (Å²) in [5.74, 6) is -4.53. The molecular formula is C14H15BrF2O2. The SMILES string of the molecule is O=C(O)C(CC1CCC(F)(F)C1)c1ccccc1Br. The van der Waals surface area contributed by atoms with E-state index in [1.165, 1.54) is 0 Å². The first-order chi connectivity index (χ1) is 8.89. The van der Waals surface area contributed by atoms with Gasteiger partial charge in [0.25, 0.3) is 0 Å². The fourth-order valence-electron chi connectivity index (χ4n) is 2.69. The van der Waals surface area contributed by atoms with E-state index in [9.17, 15) is 18.7 Å². The standard InChI is InChI=1S/C14H15BrF2O2/c15-12-4-2-1-3-10(12)11(13(18)19)7-9-5-6-14(16,17)8-9/h1-4,9,11H,5-8H2,(H,18,19). The van der Waals surface area contributed by atoms with Crippen LogP contribution in [0.15, 0.2) is 28.7 Å². The van der Waals surface area contributed by atoms with Crippen LogP contribution in [0.25, 0.3) is 0 Å². The van der Waals surface area contributed by atoms with Crippen LogP contribution < -0.4 is 0 Å². The fraction of sp³-hybridized carbons (Fsp3) is 0.500. The minimum absolute atomic E-state index is 0.125. The Morgan fingerprint density at radius 2 is 2.16 bits per heavy atom. The van der Waals surface area contributed by atoms with Crippen molar-refractivity contribution in [3.63, 3.8) is 0 Å². The van der Waals surface area contributed by atoms with E-state index in [4.69, 9.17) is 0 Å². The third kappa shape index (κ3) is 3.53. The van der Waals surface area contributed by atoms with Gasteiger partial charge in [0, 0.05) is 17.3 Å². The van der Waals surface area contributed by atoms with Gasteiger partial charge in [-0.2, -0.15) is 0 Å². The molecule has 2 unspecified atom stereocenters. The molecule has 19 heavy (non-hydrogen) atoms. The highest BCUT2D eigenvalue weighted by Crippen LogP contribution is 2.43. The molecule has 1 aromatic rings. The molecule has 1 N–H and O–H groups in total. The minimum Gasteiger partial charge on any atom is -0.481 e. The number of carboxylic acids is 1. The van der Waals surface area contributed by atoms with Crippen molar-refractivity contribution in [1.29, 1.82) is 0 Å². The Bertz CT molecular complexity index is 476. The third-order valence-electron chi connectivity index (χ3n) is 3.65. The third-order valence-corrected chi connectivity index (χ3v) is 4.38. The first kappa shape index (κ1) is 14.4. The Balaban J connectivity index is 2.14. The summed E-state index contributed by atoms with van der Waals surface area (Å²) in [6.07, 6.45) is 0.357. The molecule has 2 rings (SSSR count). The highest BCUT2D eigenvalue weighted by atomic mass is 79.9. The Kier molecular flexibility index (Phi) is 4.23. The molecule has 104 valence electrons. The van der Waals surface area contributed by atoms with Gasteiger partial charge in [0.1, 0.15) is 0 Å². The topological polar surface area (TPSA) is 37.3 Å². The maximum atomic E-state index is 13.2. The van der Waals surface area contributed by atoms with E-state index < -0.39 is 17.8 Å². The van der Waals surface area contributed by atoms with Crippen molar-refractivity contribution in [2.24, 2.45) is 5.92 Å². The van der Waals surface area contributed by atoms with Crippen LogP contribution in [-0.4, -0.2) is 17.0 Å². The predicted octanol–water partition coefficient (Wildman–Crippen LogP) is 4.44. The summed E-state index contributed by atoms with van der Waals surface area (Å²) in [4.78, 5) is 11.4. The molecule has 0 heterocycles. The number of benzene rings is 1. The second-order valence-electron chi connectivity index (χ2n) is 5.11. The van der Waals surface area contributed by atoms with Crippen LogP contribution in [0.1, 0.15) is 37.2 Å². The van der Waals surface area contributed by atoms with Gasteiger partial charge in [-0.1, -0.05) is 34.1 Å². The molecule has 0 saturated heterocycles. The lowest BCUT2D eigenvalue weighted by molar-refractivity contribution is -0.139. The summed E-state index contributed by atoms with van der Waals surface area (Å²) < 4.78 is 27.1. The molecule has 1 saturated carbocycles. The van der Waals surface area contributed by atoms with Gasteiger partial charge in [-0.3, -0.25) is 4.79 Å². The van der Waals surface area contributed by atoms with Crippen molar-refractivity contribution in [1.82, 2.24) is 0 Å². The van der Waals surface area contributed by atoms with Crippen molar-refractivity contribution < 1.29 is 18.7 Å². The lowest BCUT2D eigenvalue weighted by Crippen LogP contribution is -2.17. The Morgan fingerprint density at radius 3 is 2.68 bits per heavy atom. The molecule has 0 bridgehead atoms. The van der Waals surface area contributed by atoms with E-state index in [0.717, 1.165) is 0 Å². The number of hydrogen-bond acceptors (Lipinski definition) is 1. The van der Waals surface area contributed by atoms with Crippen molar-refractivity contribution in [2.45, 2.75) is 37.5 Å². The van der Waals surface area contributed by atoms with Crippen LogP contribution in [0, 0.1) is 5.92 Å². The molecule has 1 aromatic carbocycles. The quantitative estimate of drug-likeness (QED) is 0.884. The normalized spacial score (nSPS) is 23.2. The van der Waals surface area contributed by atoms with E-state index in [0.29, 0.717) is 16.5 Å². The summed E-state index contributed by atoms with van der Waals surface area (Å²) in [6.45, 7) is 0. The Hall–Kier alpha value is -0.970. The average Bonchev–Trinajstić information content (AvgIpc) is 2.66. The van der Waals surface area contributed by atoms with Crippen LogP contribution >= 0.6 is 15.9 Å². The van der Waals surface area contributed by atoms with Crippen LogP contribution in [0.2, 0.25) is 0 Å². The second kappa shape index (κ2) is 5.57. The van der Waals surface area contributed by atoms with Crippen molar-refractivity contribution in [3.05, 3.63) is 34.3 Å². The second-order valence-corrected chi connectivity index (χ2v) is 5.97. The van der Waals surface area contributed by atoms with E-state index in [-0.39, 0.29) is 25.2 Å². The van der Waals surface area contributed by atoms with Crippen molar-refractivity contribution in [2.75, 3.05) is 0 Å². The van der Waals surface area contributed by atoms with Crippen LogP contribution in [0.5, 0.6) is 0 Å². The molecule has 5 heteroatoms. The summed E-state index contributed by atoms with van der Waals surface area (Å²) >= 11 is 3.33. The van der Waals surface area contributed by atoms with E-state index >= 15 is 0 Å². The molecule has 1 aliphatic rings. The van der Waals surface area contributed by atoms with Gasteiger partial charge in [-0.15, -0.1) is 0 Å². The molecule has 2 atom stereocenters. The van der Waals surface area contributed by atoms with Gasteiger partial charge in [0.05, 0.1) is 5.92 Å². The maximum Gasteiger partial charge on any atom is 0.311 e. The smallest absolute Gasteiger partial charge is 0.311 e. The molecule has 0 radical (unpaired) electrons. The Morgan fingerprint density at radius 1 is 1.47 bits per heavy atom. The first-order valence-corrected chi connectivity index (χ1v) is 7.03. The highest BCUT2D eigenvalue weighted by molar-refractivity contribution is 9.10. The number of aliphatic carboxylic acids is 1. The summed E-state index contributed by atoms with van der Waals surface area (Å²) in [5, 5.41) is 9.33. The highest BCUT2D eigenvalue weighted by Gasteiger charge is 2.41. The zero-order valence-corrected chi connectivity index (χ0v) is 11.9. The minimum atomic E-state index is -2.62. The number of rotatable bonds is 4. The van der Waals surface area contributed by atoms with E-state index in [2.05, 4.69) is 15.9 Å². The van der Waals surface area contributed by atoms with Gasteiger partial charge >= 0.3 is 5.97 Å². The van der Waals surface area contributed by atoms with Crippen molar-refractivity contribution >= 4 is 21.9 Å². The number of halogens is 3. The molecule has 0 aromatic heterocycles. The van der Waals surface area contributed by atoms with E-state index in [1.54, 1.807) is 24.3 Å². The largest absolute Gasteiger partial charge is 0.481 e. The van der Waals surface area contributed by atoms with Crippen LogP contribution in [0.3, 0.4) is 0 Å². The zero-order chi connectivity index (χ0) is 14.0. The van der Waals surface area contributed by atoms with E-state index in [1.807, 2.05) is 0 Å². The molecule has 0 spiro atoms. The van der Waals surface area contributed by atoms with Gasteiger partial charge < -0.3 is 5.11 Å². The lowest BCUT2D eigenvalue weighted by Gasteiger charge is -2.18. The number of carboxylic acid groups (broad SMARTS) is 1. The lowest BCUT2D eigenvalue weighted by atomic mass is 9.88. The van der Waals surface area contributed by atoms with Gasteiger partial charge in [0.15, 0.2) is 0 Å². The summed E-state index contributed by atoms with van der Waals surface area (Å²) in [5.41, 5.74) is 0.658. The number of hydrogen-bond donors (Lipinski definition) is 1. The monoisotopic (exact) mass is 332 g/mol. The van der Waals surface area contributed by atoms with Gasteiger partial charge in [-0.05, 0) is 30.4 Å². The molecule has 1 aliphatic carbocycles. The van der Waals surface area contributed by atoms with Crippen molar-refractivity contribution in [3.8, 4) is 0 Å². The molecule has 0 amide bonds. The summed E-state index contributed by atoms with van der Waals surface area (Å²) in [7, 11) is 0. The molecule has 2 nitrogen and oxygen atoms in total. The molecule has 0 aliphatic heterocycles. The van der Waals surface area contributed by atoms with Gasteiger partial charge in [-0.25, -0.2) is 8.78 Å². The molecule has 1 fully saturated rings. The number of alkyl halides is 2. The number of carbonyl (C=O) groups is 1. The van der Waals surface area contributed by atoms with Crippen LogP contribution in [-0.2, 0) is 4.79 Å². The van der Waals surface area contributed by atoms with Crippen LogP contribution in [0.4, 0.5) is 8.78 Å². The predicted molar refractivity (Wildman–Crippen MR) is 71.4 cm³/mol. The molecular weight excluding hydrogens is 318 g/mol. The summed E-state index contributed by atoms with van der Waals surface area (Å²) in [6, 6.07) is 7.07. The Labute approximate surface area is 118 Å². The van der Waals surface area contributed by atoms with Gasteiger partial charge in [0.2, 0.25) is 5.92 Å². The maximum absolute atomic E-state index is 13.2. The first-order valence-electron chi connectivity index (χ1n) is 6.24. The zero-order valence-electron chi connectivity index (χ0n) is 10.3. The average molecular weight is 333 g/mol. The fourth-order valence-corrected chi connectivity index (χ4v) is 3.26.